The summed E-state index contributed by atoms with van der Waals surface area (Å²) in [4.78, 5) is 15.8. The van der Waals surface area contributed by atoms with Gasteiger partial charge in [0, 0.05) is 32.4 Å². The highest BCUT2D eigenvalue weighted by molar-refractivity contribution is 5.85. The molecule has 0 aliphatic carbocycles. The predicted molar refractivity (Wildman–Crippen MR) is 76.3 cm³/mol. The Morgan fingerprint density at radius 1 is 1.37 bits per heavy atom. The zero-order chi connectivity index (χ0) is 13.0. The molecule has 7 heteroatoms. The molecule has 1 amide bonds. The summed E-state index contributed by atoms with van der Waals surface area (Å²) in [5.74, 6) is 0.892. The van der Waals surface area contributed by atoms with E-state index in [0.717, 1.165) is 31.9 Å². The highest BCUT2D eigenvalue weighted by Gasteiger charge is 2.21. The van der Waals surface area contributed by atoms with Crippen molar-refractivity contribution in [1.82, 2.24) is 15.1 Å². The Balaban J connectivity index is 0.00000180. The van der Waals surface area contributed by atoms with Crippen LogP contribution in [0.15, 0.2) is 18.3 Å². The lowest BCUT2D eigenvalue weighted by Gasteiger charge is -2.23. The summed E-state index contributed by atoms with van der Waals surface area (Å²) in [6.07, 6.45) is 2.59. The van der Waals surface area contributed by atoms with Crippen molar-refractivity contribution < 1.29 is 4.79 Å². The molecule has 19 heavy (non-hydrogen) atoms. The lowest BCUT2D eigenvalue weighted by atomic mass is 10.3. The number of carbonyl (C=O) groups excluding carboxylic acids is 1. The number of nitrogens with zero attached hydrogens (tertiary/aromatic N) is 4. The fourth-order valence-corrected chi connectivity index (χ4v) is 2.12. The molecule has 2 heterocycles. The molecular weight excluding hydrogens is 266 g/mol. The van der Waals surface area contributed by atoms with Crippen LogP contribution in [0.1, 0.15) is 13.3 Å². The number of halogens is 1. The Hall–Kier alpha value is -1.40. The quantitative estimate of drug-likeness (QED) is 0.845. The largest absolute Gasteiger partial charge is 0.353 e. The van der Waals surface area contributed by atoms with Crippen LogP contribution in [0, 0.1) is 0 Å². The molecule has 0 spiro atoms. The van der Waals surface area contributed by atoms with Crippen LogP contribution in [0.4, 0.5) is 5.82 Å². The molecule has 0 bridgehead atoms. The average molecular weight is 286 g/mol. The third-order valence-electron chi connectivity index (χ3n) is 3.08. The SMILES string of the molecule is C[C@@H](N)C(=O)N1CCCN(c2cccnn2)CC1.Cl. The summed E-state index contributed by atoms with van der Waals surface area (Å²) in [6, 6.07) is 3.39. The molecular formula is C12H20ClN5O. The summed E-state index contributed by atoms with van der Waals surface area (Å²) in [5.41, 5.74) is 5.64. The highest BCUT2D eigenvalue weighted by atomic mass is 35.5. The summed E-state index contributed by atoms with van der Waals surface area (Å²) >= 11 is 0. The van der Waals surface area contributed by atoms with E-state index in [1.807, 2.05) is 17.0 Å². The van der Waals surface area contributed by atoms with Crippen LogP contribution in [0.2, 0.25) is 0 Å². The first-order chi connectivity index (χ1) is 8.68. The smallest absolute Gasteiger partial charge is 0.239 e. The summed E-state index contributed by atoms with van der Waals surface area (Å²) in [7, 11) is 0. The molecule has 1 saturated heterocycles. The molecule has 2 N–H and O–H groups in total. The van der Waals surface area contributed by atoms with E-state index in [1.54, 1.807) is 13.1 Å². The lowest BCUT2D eigenvalue weighted by Crippen LogP contribution is -2.43. The van der Waals surface area contributed by atoms with E-state index in [4.69, 9.17) is 5.73 Å². The fraction of sp³-hybridized carbons (Fsp3) is 0.583. The van der Waals surface area contributed by atoms with Gasteiger partial charge in [-0.05, 0) is 25.5 Å². The number of anilines is 1. The van der Waals surface area contributed by atoms with Crippen molar-refractivity contribution in [3.05, 3.63) is 18.3 Å². The van der Waals surface area contributed by atoms with Gasteiger partial charge in [0.25, 0.3) is 0 Å². The van der Waals surface area contributed by atoms with E-state index in [-0.39, 0.29) is 18.3 Å². The third kappa shape index (κ3) is 4.04. The van der Waals surface area contributed by atoms with Crippen LogP contribution in [-0.4, -0.2) is 53.2 Å². The minimum atomic E-state index is -0.423. The molecule has 106 valence electrons. The predicted octanol–water partition coefficient (Wildman–Crippen LogP) is 0.284. The maximum Gasteiger partial charge on any atom is 0.239 e. The summed E-state index contributed by atoms with van der Waals surface area (Å²) in [6.45, 7) is 4.85. The summed E-state index contributed by atoms with van der Waals surface area (Å²) in [5, 5.41) is 7.98. The normalized spacial score (nSPS) is 17.4. The molecule has 0 aromatic carbocycles. The topological polar surface area (TPSA) is 75.4 Å². The molecule has 2 rings (SSSR count). The van der Waals surface area contributed by atoms with Gasteiger partial charge in [-0.15, -0.1) is 17.5 Å². The molecule has 0 unspecified atom stereocenters. The molecule has 0 radical (unpaired) electrons. The molecule has 1 aromatic heterocycles. The molecule has 1 aromatic rings. The van der Waals surface area contributed by atoms with Crippen LogP contribution in [-0.2, 0) is 4.79 Å². The number of rotatable bonds is 2. The standard InChI is InChI=1S/C12H19N5O.ClH/c1-10(13)12(18)17-7-3-6-16(8-9-17)11-4-2-5-14-15-11;/h2,4-5,10H,3,6-9,13H2,1H3;1H/t10-;/m1./s1. The highest BCUT2D eigenvalue weighted by Crippen LogP contribution is 2.12. The number of carbonyl (C=O) groups is 1. The molecule has 1 fully saturated rings. The average Bonchev–Trinajstić information content (AvgIpc) is 2.64. The second-order valence-corrected chi connectivity index (χ2v) is 4.54. The Kier molecular flexibility index (Phi) is 5.98. The minimum absolute atomic E-state index is 0. The van der Waals surface area contributed by atoms with Gasteiger partial charge < -0.3 is 15.5 Å². The number of hydrogen-bond acceptors (Lipinski definition) is 5. The van der Waals surface area contributed by atoms with Crippen molar-refractivity contribution in [2.45, 2.75) is 19.4 Å². The summed E-state index contributed by atoms with van der Waals surface area (Å²) < 4.78 is 0. The first-order valence-corrected chi connectivity index (χ1v) is 6.25. The van der Waals surface area contributed by atoms with Gasteiger partial charge in [0.2, 0.25) is 5.91 Å². The van der Waals surface area contributed by atoms with Crippen molar-refractivity contribution in [3.63, 3.8) is 0 Å². The monoisotopic (exact) mass is 285 g/mol. The Labute approximate surface area is 119 Å². The van der Waals surface area contributed by atoms with Gasteiger partial charge >= 0.3 is 0 Å². The Morgan fingerprint density at radius 3 is 2.79 bits per heavy atom. The van der Waals surface area contributed by atoms with Gasteiger partial charge in [0.1, 0.15) is 0 Å². The minimum Gasteiger partial charge on any atom is -0.353 e. The number of nitrogens with two attached hydrogens (primary N) is 1. The van der Waals surface area contributed by atoms with Crippen LogP contribution in [0.25, 0.3) is 0 Å². The van der Waals surface area contributed by atoms with Crippen molar-refractivity contribution in [2.75, 3.05) is 31.1 Å². The van der Waals surface area contributed by atoms with Gasteiger partial charge in [0.15, 0.2) is 5.82 Å². The van der Waals surface area contributed by atoms with E-state index in [2.05, 4.69) is 15.1 Å². The molecule has 1 aliphatic heterocycles. The Morgan fingerprint density at radius 2 is 2.16 bits per heavy atom. The maximum atomic E-state index is 11.8. The molecule has 1 aliphatic rings. The maximum absolute atomic E-state index is 11.8. The van der Waals surface area contributed by atoms with Crippen LogP contribution in [0.3, 0.4) is 0 Å². The second kappa shape index (κ2) is 7.25. The zero-order valence-corrected chi connectivity index (χ0v) is 11.8. The molecule has 0 saturated carbocycles. The van der Waals surface area contributed by atoms with Gasteiger partial charge in [0.05, 0.1) is 6.04 Å². The number of aromatic nitrogens is 2. The van der Waals surface area contributed by atoms with Gasteiger partial charge in [-0.2, -0.15) is 5.10 Å². The zero-order valence-electron chi connectivity index (χ0n) is 11.0. The van der Waals surface area contributed by atoms with Gasteiger partial charge in [-0.1, -0.05) is 0 Å². The first kappa shape index (κ1) is 15.7. The van der Waals surface area contributed by atoms with Crippen molar-refractivity contribution >= 4 is 24.1 Å². The number of hydrogen-bond donors (Lipinski definition) is 1. The third-order valence-corrected chi connectivity index (χ3v) is 3.08. The van der Waals surface area contributed by atoms with Crippen molar-refractivity contribution in [1.29, 1.82) is 0 Å². The van der Waals surface area contributed by atoms with E-state index in [9.17, 15) is 4.79 Å². The second-order valence-electron chi connectivity index (χ2n) is 4.54. The van der Waals surface area contributed by atoms with Gasteiger partial charge in [-0.25, -0.2) is 0 Å². The van der Waals surface area contributed by atoms with Crippen LogP contribution < -0.4 is 10.6 Å². The van der Waals surface area contributed by atoms with Crippen LogP contribution >= 0.6 is 12.4 Å². The Bertz CT molecular complexity index is 400. The van der Waals surface area contributed by atoms with Gasteiger partial charge in [-0.3, -0.25) is 4.79 Å². The van der Waals surface area contributed by atoms with E-state index < -0.39 is 6.04 Å². The first-order valence-electron chi connectivity index (χ1n) is 6.25. The van der Waals surface area contributed by atoms with Crippen molar-refractivity contribution in [2.24, 2.45) is 5.73 Å². The van der Waals surface area contributed by atoms with Crippen molar-refractivity contribution in [3.8, 4) is 0 Å². The molecule has 1 atom stereocenters. The lowest BCUT2D eigenvalue weighted by molar-refractivity contribution is -0.131. The fourth-order valence-electron chi connectivity index (χ4n) is 2.12. The van der Waals surface area contributed by atoms with E-state index >= 15 is 0 Å². The number of amides is 1. The molecule has 6 nitrogen and oxygen atoms in total. The van der Waals surface area contributed by atoms with E-state index in [1.165, 1.54) is 0 Å². The van der Waals surface area contributed by atoms with Crippen LogP contribution in [0.5, 0.6) is 0 Å². The van der Waals surface area contributed by atoms with E-state index in [0.29, 0.717) is 6.54 Å².